The molecule has 8 heteroatoms. The Kier molecular flexibility index (Phi) is 8.84. The lowest BCUT2D eigenvalue weighted by molar-refractivity contribution is 0.516. The fourth-order valence-corrected chi connectivity index (χ4v) is 2.37. The van der Waals surface area contributed by atoms with E-state index in [1.807, 2.05) is 37.8 Å². The fourth-order valence-electron chi connectivity index (χ4n) is 2.37. The third-order valence-electron chi connectivity index (χ3n) is 3.79. The molecule has 0 spiro atoms. The summed E-state index contributed by atoms with van der Waals surface area (Å²) in [6.07, 6.45) is 5.41. The molecule has 3 heterocycles. The Morgan fingerprint density at radius 1 is 0.889 bits per heavy atom. The first-order valence-corrected chi connectivity index (χ1v) is 9.37. The lowest BCUT2D eigenvalue weighted by atomic mass is 10.2. The Balaban J connectivity index is 0.000000202. The standard InChI is InChI=1S/C7H12N2.2C6H11N3/c1-6(2)9-5-4-8-7(9)3;1-5(2)9-6(3)7-4-8-9;1-4(2)6-7-5(3)8-9-6/h4-6H,1-3H3;4-5H,1-3H3;4H,1-3H3,(H,7,8,9). The van der Waals surface area contributed by atoms with Crippen molar-refractivity contribution in [3.63, 3.8) is 0 Å². The monoisotopic (exact) mass is 374 g/mol. The van der Waals surface area contributed by atoms with Crippen molar-refractivity contribution in [2.24, 2.45) is 0 Å². The molecule has 0 unspecified atom stereocenters. The summed E-state index contributed by atoms with van der Waals surface area (Å²) >= 11 is 0. The van der Waals surface area contributed by atoms with Crippen LogP contribution >= 0.6 is 0 Å². The van der Waals surface area contributed by atoms with Crippen molar-refractivity contribution < 1.29 is 0 Å². The molecule has 0 saturated heterocycles. The minimum absolute atomic E-state index is 0.424. The third-order valence-corrected chi connectivity index (χ3v) is 3.79. The van der Waals surface area contributed by atoms with Gasteiger partial charge in [0.2, 0.25) is 0 Å². The Hall–Kier alpha value is -2.51. The molecule has 3 aromatic heterocycles. The number of H-pyrrole nitrogens is 1. The van der Waals surface area contributed by atoms with E-state index in [1.54, 1.807) is 6.33 Å². The zero-order valence-corrected chi connectivity index (χ0v) is 18.1. The summed E-state index contributed by atoms with van der Waals surface area (Å²) in [6, 6.07) is 0.958. The van der Waals surface area contributed by atoms with Gasteiger partial charge < -0.3 is 4.57 Å². The second kappa shape index (κ2) is 10.6. The van der Waals surface area contributed by atoms with E-state index in [-0.39, 0.29) is 0 Å². The van der Waals surface area contributed by atoms with Crippen LogP contribution in [-0.2, 0) is 0 Å². The van der Waals surface area contributed by atoms with Gasteiger partial charge in [0.1, 0.15) is 23.8 Å². The van der Waals surface area contributed by atoms with Crippen LogP contribution in [0.1, 0.15) is 82.8 Å². The summed E-state index contributed by atoms with van der Waals surface area (Å²) in [6.45, 7) is 18.5. The Labute approximate surface area is 162 Å². The molecule has 0 radical (unpaired) electrons. The van der Waals surface area contributed by atoms with Crippen molar-refractivity contribution >= 4 is 0 Å². The van der Waals surface area contributed by atoms with Gasteiger partial charge in [-0.3, -0.25) is 5.10 Å². The maximum absolute atomic E-state index is 4.14. The summed E-state index contributed by atoms with van der Waals surface area (Å²) in [5.41, 5.74) is 0. The smallest absolute Gasteiger partial charge is 0.153 e. The van der Waals surface area contributed by atoms with Gasteiger partial charge in [0.15, 0.2) is 5.82 Å². The second-order valence-corrected chi connectivity index (χ2v) is 7.25. The number of aromatic amines is 1. The predicted molar refractivity (Wildman–Crippen MR) is 108 cm³/mol. The maximum atomic E-state index is 4.14. The number of rotatable bonds is 3. The topological polar surface area (TPSA) is 90.1 Å². The Bertz CT molecular complexity index is 735. The van der Waals surface area contributed by atoms with Crippen LogP contribution in [0.15, 0.2) is 18.7 Å². The normalized spacial score (nSPS) is 10.7. The van der Waals surface area contributed by atoms with E-state index < -0.39 is 0 Å². The van der Waals surface area contributed by atoms with Crippen molar-refractivity contribution in [1.29, 1.82) is 0 Å². The predicted octanol–water partition coefficient (Wildman–Crippen LogP) is 4.18. The van der Waals surface area contributed by atoms with Crippen molar-refractivity contribution in [3.8, 4) is 0 Å². The maximum Gasteiger partial charge on any atom is 0.153 e. The molecule has 8 nitrogen and oxygen atoms in total. The van der Waals surface area contributed by atoms with Gasteiger partial charge in [0.05, 0.1) is 0 Å². The quantitative estimate of drug-likeness (QED) is 0.743. The van der Waals surface area contributed by atoms with Crippen LogP contribution in [0.4, 0.5) is 0 Å². The van der Waals surface area contributed by atoms with Gasteiger partial charge in [-0.2, -0.15) is 10.2 Å². The van der Waals surface area contributed by atoms with Crippen LogP contribution in [0.5, 0.6) is 0 Å². The Morgan fingerprint density at radius 2 is 1.56 bits per heavy atom. The van der Waals surface area contributed by atoms with Gasteiger partial charge in [-0.05, 0) is 48.5 Å². The zero-order valence-electron chi connectivity index (χ0n) is 18.1. The number of nitrogens with one attached hydrogen (secondary N) is 1. The van der Waals surface area contributed by atoms with E-state index in [9.17, 15) is 0 Å². The molecule has 1 N–H and O–H groups in total. The fraction of sp³-hybridized carbons (Fsp3) is 0.632. The molecule has 0 aliphatic rings. The molecule has 0 bridgehead atoms. The van der Waals surface area contributed by atoms with Crippen molar-refractivity contribution in [1.82, 2.24) is 39.5 Å². The number of hydrogen-bond donors (Lipinski definition) is 1. The van der Waals surface area contributed by atoms with Crippen molar-refractivity contribution in [3.05, 3.63) is 42.0 Å². The summed E-state index contributed by atoms with van der Waals surface area (Å²) in [5, 5.41) is 10.8. The number of hydrogen-bond acceptors (Lipinski definition) is 5. The van der Waals surface area contributed by atoms with Crippen LogP contribution in [0.25, 0.3) is 0 Å². The molecule has 0 aromatic carbocycles. The highest BCUT2D eigenvalue weighted by Gasteiger charge is 2.02. The molecule has 27 heavy (non-hydrogen) atoms. The second-order valence-electron chi connectivity index (χ2n) is 7.25. The van der Waals surface area contributed by atoms with Gasteiger partial charge in [-0.15, -0.1) is 0 Å². The highest BCUT2D eigenvalue weighted by molar-refractivity contribution is 4.92. The minimum atomic E-state index is 0.424. The average molecular weight is 375 g/mol. The SMILES string of the molecule is Cc1nc(C(C)C)n[nH]1.Cc1nccn1C(C)C.Cc1ncnn1C(C)C. The van der Waals surface area contributed by atoms with Crippen LogP contribution in [-0.4, -0.2) is 39.5 Å². The van der Waals surface area contributed by atoms with Gasteiger partial charge in [-0.1, -0.05) is 13.8 Å². The van der Waals surface area contributed by atoms with E-state index in [4.69, 9.17) is 0 Å². The van der Waals surface area contributed by atoms with Crippen molar-refractivity contribution in [2.45, 2.75) is 80.3 Å². The summed E-state index contributed by atoms with van der Waals surface area (Å²) in [7, 11) is 0. The average Bonchev–Trinajstić information content (AvgIpc) is 3.29. The molecule has 0 fully saturated rings. The highest BCUT2D eigenvalue weighted by atomic mass is 15.3. The molecule has 150 valence electrons. The largest absolute Gasteiger partial charge is 0.333 e. The van der Waals surface area contributed by atoms with Gasteiger partial charge in [0, 0.05) is 30.4 Å². The molecule has 3 aromatic rings. The lowest BCUT2D eigenvalue weighted by Crippen LogP contribution is -2.04. The summed E-state index contributed by atoms with van der Waals surface area (Å²) in [4.78, 5) is 12.2. The number of aryl methyl sites for hydroxylation is 3. The highest BCUT2D eigenvalue weighted by Crippen LogP contribution is 2.06. The summed E-state index contributed by atoms with van der Waals surface area (Å²) < 4.78 is 4.03. The first-order chi connectivity index (χ1) is 12.6. The molecule has 0 aliphatic heterocycles. The first kappa shape index (κ1) is 22.5. The third kappa shape index (κ3) is 7.32. The van der Waals surface area contributed by atoms with Crippen molar-refractivity contribution in [2.75, 3.05) is 0 Å². The van der Waals surface area contributed by atoms with E-state index in [1.165, 1.54) is 0 Å². The summed E-state index contributed by atoms with van der Waals surface area (Å²) in [5.74, 6) is 4.27. The van der Waals surface area contributed by atoms with Crippen LogP contribution in [0, 0.1) is 20.8 Å². The molecule has 0 amide bonds. The molecule has 0 saturated carbocycles. The minimum Gasteiger partial charge on any atom is -0.333 e. The van der Waals surface area contributed by atoms with Crippen LogP contribution < -0.4 is 0 Å². The van der Waals surface area contributed by atoms with E-state index in [2.05, 4.69) is 76.4 Å². The first-order valence-electron chi connectivity index (χ1n) is 9.37. The van der Waals surface area contributed by atoms with E-state index >= 15 is 0 Å². The van der Waals surface area contributed by atoms with E-state index in [0.717, 1.165) is 23.3 Å². The lowest BCUT2D eigenvalue weighted by Gasteiger charge is -2.07. The van der Waals surface area contributed by atoms with Crippen LogP contribution in [0.3, 0.4) is 0 Å². The molecule has 0 aliphatic carbocycles. The molecular formula is C19H34N8. The molecule has 3 rings (SSSR count). The molecular weight excluding hydrogens is 340 g/mol. The van der Waals surface area contributed by atoms with E-state index in [0.29, 0.717) is 18.0 Å². The molecule has 0 atom stereocenters. The number of aromatic nitrogens is 8. The Morgan fingerprint density at radius 3 is 1.78 bits per heavy atom. The van der Waals surface area contributed by atoms with Gasteiger partial charge >= 0.3 is 0 Å². The van der Waals surface area contributed by atoms with Gasteiger partial charge in [0.25, 0.3) is 0 Å². The number of imidazole rings is 1. The number of nitrogens with zero attached hydrogens (tertiary/aromatic N) is 7. The van der Waals surface area contributed by atoms with Gasteiger partial charge in [-0.25, -0.2) is 19.6 Å². The van der Waals surface area contributed by atoms with Crippen LogP contribution in [0.2, 0.25) is 0 Å². The zero-order chi connectivity index (χ0) is 20.6.